The summed E-state index contributed by atoms with van der Waals surface area (Å²) in [4.78, 5) is 26.8. The Morgan fingerprint density at radius 1 is 1.11 bits per heavy atom. The minimum absolute atomic E-state index is 0.0715. The van der Waals surface area contributed by atoms with Crippen LogP contribution in [0.25, 0.3) is 11.0 Å². The van der Waals surface area contributed by atoms with Gasteiger partial charge in [0.05, 0.1) is 78.4 Å². The highest BCUT2D eigenvalue weighted by molar-refractivity contribution is 6.35. The maximum absolute atomic E-state index is 12.5. The molecule has 0 aliphatic carbocycles. The van der Waals surface area contributed by atoms with Crippen molar-refractivity contribution in [2.24, 2.45) is 0 Å². The van der Waals surface area contributed by atoms with Crippen LogP contribution in [0, 0.1) is 0 Å². The number of halogens is 2. The fourth-order valence-corrected chi connectivity index (χ4v) is 7.66. The van der Waals surface area contributed by atoms with Gasteiger partial charge < -0.3 is 33.2 Å². The van der Waals surface area contributed by atoms with Gasteiger partial charge in [0.1, 0.15) is 17.0 Å². The van der Waals surface area contributed by atoms with Crippen LogP contribution in [-0.4, -0.2) is 83.6 Å². The average molecular weight is 681 g/mol. The number of anilines is 1. The molecule has 3 fully saturated rings. The number of piperazine rings is 1. The Kier molecular flexibility index (Phi) is 7.92. The van der Waals surface area contributed by atoms with E-state index in [-0.39, 0.29) is 18.2 Å². The van der Waals surface area contributed by atoms with Gasteiger partial charge >= 0.3 is 5.97 Å². The second kappa shape index (κ2) is 12.1. The van der Waals surface area contributed by atoms with Gasteiger partial charge in [0.25, 0.3) is 5.79 Å². The SMILES string of the molecule is COC(=O)c1cc(Cl)c2nc(CN3CCN(c4cccc5c4OC(C)(c4ccc(Cl)cn4)O5)[C@@H]4COC[C@@H]43)n(C[C@@H]3CCCO3)c2c1. The Morgan fingerprint density at radius 3 is 2.77 bits per heavy atom. The van der Waals surface area contributed by atoms with E-state index in [9.17, 15) is 4.79 Å². The summed E-state index contributed by atoms with van der Waals surface area (Å²) in [6.07, 6.45) is 3.67. The second-order valence-electron chi connectivity index (χ2n) is 12.5. The quantitative estimate of drug-likeness (QED) is 0.235. The summed E-state index contributed by atoms with van der Waals surface area (Å²) in [7, 11) is 1.37. The molecule has 47 heavy (non-hydrogen) atoms. The molecule has 0 N–H and O–H groups in total. The summed E-state index contributed by atoms with van der Waals surface area (Å²) in [5, 5.41) is 0.971. The van der Waals surface area contributed by atoms with Crippen LogP contribution in [0.15, 0.2) is 48.7 Å². The first kappa shape index (κ1) is 30.7. The van der Waals surface area contributed by atoms with E-state index in [1.807, 2.05) is 31.2 Å². The van der Waals surface area contributed by atoms with Crippen molar-refractivity contribution in [3.05, 3.63) is 75.8 Å². The molecule has 1 unspecified atom stereocenters. The predicted octanol–water partition coefficient (Wildman–Crippen LogP) is 5.44. The van der Waals surface area contributed by atoms with Gasteiger partial charge in [0.15, 0.2) is 11.5 Å². The van der Waals surface area contributed by atoms with Crippen molar-refractivity contribution < 1.29 is 28.5 Å². The van der Waals surface area contributed by atoms with Gasteiger partial charge in [-0.05, 0) is 49.2 Å². The topological polar surface area (TPSA) is 100 Å². The summed E-state index contributed by atoms with van der Waals surface area (Å²) in [5.74, 6) is 0.731. The number of aromatic nitrogens is 3. The molecule has 0 spiro atoms. The fourth-order valence-electron chi connectivity index (χ4n) is 7.29. The van der Waals surface area contributed by atoms with Crippen LogP contribution in [0.2, 0.25) is 10.0 Å². The molecule has 13 heteroatoms. The predicted molar refractivity (Wildman–Crippen MR) is 176 cm³/mol. The van der Waals surface area contributed by atoms with E-state index in [4.69, 9.17) is 51.9 Å². The normalized spacial score (nSPS) is 25.4. The highest BCUT2D eigenvalue weighted by Crippen LogP contribution is 2.50. The third-order valence-electron chi connectivity index (χ3n) is 9.64. The molecule has 4 aromatic rings. The van der Waals surface area contributed by atoms with E-state index in [2.05, 4.69) is 25.4 Å². The zero-order valence-electron chi connectivity index (χ0n) is 26.2. The van der Waals surface area contributed by atoms with Gasteiger partial charge in [-0.3, -0.25) is 9.88 Å². The maximum Gasteiger partial charge on any atom is 0.337 e. The van der Waals surface area contributed by atoms with E-state index in [0.717, 1.165) is 49.6 Å². The number of ether oxygens (including phenoxy) is 5. The van der Waals surface area contributed by atoms with Crippen LogP contribution in [0.5, 0.6) is 11.5 Å². The largest absolute Gasteiger partial charge is 0.465 e. The molecule has 246 valence electrons. The van der Waals surface area contributed by atoms with Crippen LogP contribution in [0.3, 0.4) is 0 Å². The minimum Gasteiger partial charge on any atom is -0.465 e. The van der Waals surface area contributed by atoms with Crippen molar-refractivity contribution in [1.29, 1.82) is 0 Å². The summed E-state index contributed by atoms with van der Waals surface area (Å²) < 4.78 is 32.2. The van der Waals surface area contributed by atoms with Gasteiger partial charge in [-0.25, -0.2) is 9.78 Å². The summed E-state index contributed by atoms with van der Waals surface area (Å²) in [5.41, 5.74) is 3.47. The lowest BCUT2D eigenvalue weighted by Gasteiger charge is -2.44. The molecule has 8 rings (SSSR count). The summed E-state index contributed by atoms with van der Waals surface area (Å²) in [6, 6.07) is 13.3. The number of hydrogen-bond acceptors (Lipinski definition) is 10. The van der Waals surface area contributed by atoms with Crippen molar-refractivity contribution in [3.8, 4) is 11.5 Å². The maximum atomic E-state index is 12.5. The number of esters is 1. The number of carbonyl (C=O) groups is 1. The molecule has 2 aromatic carbocycles. The number of imidazole rings is 1. The number of rotatable bonds is 7. The standard InChI is InChI=1S/C34H35Cl2N5O6/c1-34(29-9-8-21(35)15-37-29)46-28-7-3-6-24(32(28)47-34)40-11-10-39(26-18-44-19-27(26)40)17-30-38-31-23(36)13-20(33(42)43-2)14-25(31)41(30)16-22-5-4-12-45-22/h3,6-9,13-15,22,26-27H,4-5,10-12,16-19H2,1-2H3/t22-,26-,27+,34?/m0/s1. The molecule has 2 aromatic heterocycles. The van der Waals surface area contributed by atoms with E-state index in [0.29, 0.717) is 64.6 Å². The monoisotopic (exact) mass is 679 g/mol. The number of pyridine rings is 1. The van der Waals surface area contributed by atoms with Crippen LogP contribution in [0.1, 0.15) is 41.6 Å². The average Bonchev–Trinajstić information content (AvgIpc) is 3.88. The minimum atomic E-state index is -1.08. The Labute approximate surface area is 282 Å². The third-order valence-corrected chi connectivity index (χ3v) is 10.2. The van der Waals surface area contributed by atoms with Gasteiger partial charge in [0, 0.05) is 32.8 Å². The first-order chi connectivity index (χ1) is 22.8. The van der Waals surface area contributed by atoms with Crippen LogP contribution in [0.4, 0.5) is 5.69 Å². The number of para-hydroxylation sites is 1. The molecule has 11 nitrogen and oxygen atoms in total. The summed E-state index contributed by atoms with van der Waals surface area (Å²) in [6.45, 7) is 6.55. The van der Waals surface area contributed by atoms with Gasteiger partial charge in [-0.15, -0.1) is 0 Å². The van der Waals surface area contributed by atoms with Gasteiger partial charge in [-0.2, -0.15) is 0 Å². The number of nitrogens with zero attached hydrogens (tertiary/aromatic N) is 5. The number of hydrogen-bond donors (Lipinski definition) is 0. The Bertz CT molecular complexity index is 1830. The Hall–Kier alpha value is -3.61. The van der Waals surface area contributed by atoms with E-state index < -0.39 is 11.8 Å². The number of methoxy groups -OCH3 is 1. The molecule has 0 bridgehead atoms. The molecule has 0 saturated carbocycles. The van der Waals surface area contributed by atoms with E-state index >= 15 is 0 Å². The van der Waals surface area contributed by atoms with Crippen molar-refractivity contribution >= 4 is 45.9 Å². The smallest absolute Gasteiger partial charge is 0.337 e. The zero-order chi connectivity index (χ0) is 32.3. The number of carbonyl (C=O) groups excluding carboxylic acids is 1. The van der Waals surface area contributed by atoms with E-state index in [1.165, 1.54) is 7.11 Å². The first-order valence-electron chi connectivity index (χ1n) is 15.9. The number of benzene rings is 2. The molecule has 0 radical (unpaired) electrons. The van der Waals surface area contributed by atoms with Gasteiger partial charge in [0.2, 0.25) is 0 Å². The molecule has 3 saturated heterocycles. The first-order valence-corrected chi connectivity index (χ1v) is 16.7. The van der Waals surface area contributed by atoms with Crippen molar-refractivity contribution in [3.63, 3.8) is 0 Å². The van der Waals surface area contributed by atoms with Crippen LogP contribution in [-0.2, 0) is 33.1 Å². The second-order valence-corrected chi connectivity index (χ2v) is 13.4. The Balaban J connectivity index is 1.08. The lowest BCUT2D eigenvalue weighted by molar-refractivity contribution is -0.0716. The van der Waals surface area contributed by atoms with Crippen molar-refractivity contribution in [1.82, 2.24) is 19.4 Å². The molecular formula is C34H35Cl2N5O6. The van der Waals surface area contributed by atoms with E-state index in [1.54, 1.807) is 18.3 Å². The van der Waals surface area contributed by atoms with Crippen LogP contribution < -0.4 is 14.4 Å². The fraction of sp³-hybridized carbons (Fsp3) is 0.441. The lowest BCUT2D eigenvalue weighted by atomic mass is 10.0. The van der Waals surface area contributed by atoms with Crippen LogP contribution >= 0.6 is 23.2 Å². The van der Waals surface area contributed by atoms with Crippen molar-refractivity contribution in [2.75, 3.05) is 44.9 Å². The highest BCUT2D eigenvalue weighted by Gasteiger charge is 2.46. The number of fused-ring (bicyclic) bond motifs is 3. The Morgan fingerprint density at radius 2 is 1.98 bits per heavy atom. The lowest BCUT2D eigenvalue weighted by Crippen LogP contribution is -2.59. The van der Waals surface area contributed by atoms with Crippen molar-refractivity contribution in [2.45, 2.75) is 56.8 Å². The molecule has 4 aliphatic heterocycles. The molecule has 4 atom stereocenters. The third kappa shape index (κ3) is 5.47. The highest BCUT2D eigenvalue weighted by atomic mass is 35.5. The summed E-state index contributed by atoms with van der Waals surface area (Å²) >= 11 is 12.8. The van der Waals surface area contributed by atoms with Gasteiger partial charge in [-0.1, -0.05) is 29.3 Å². The molecule has 4 aliphatic rings. The zero-order valence-corrected chi connectivity index (χ0v) is 27.7. The molecule has 0 amide bonds. The molecular weight excluding hydrogens is 645 g/mol. The molecule has 6 heterocycles.